The maximum absolute atomic E-state index is 6.30. The van der Waals surface area contributed by atoms with Gasteiger partial charge in [0.25, 0.3) is 0 Å². The van der Waals surface area contributed by atoms with Gasteiger partial charge in [-0.15, -0.1) is 0 Å². The lowest BCUT2D eigenvalue weighted by atomic mass is 9.70. The Morgan fingerprint density at radius 2 is 2.00 bits per heavy atom. The molecule has 0 spiro atoms. The number of fused-ring (bicyclic) bond motifs is 4. The van der Waals surface area contributed by atoms with Gasteiger partial charge >= 0.3 is 0 Å². The standard InChI is InChI=1S/C17H22N4O/c1-12-2-3-13-15(21-12)14(20-11-19-13)4-5-17-8-6-16(18,7-9-17)10-22-17/h2-3,11H,4-10,18H2,1H3. The van der Waals surface area contributed by atoms with Crippen molar-refractivity contribution >= 4 is 11.0 Å². The summed E-state index contributed by atoms with van der Waals surface area (Å²) in [5, 5.41) is 0. The Bertz CT molecular complexity index is 690. The van der Waals surface area contributed by atoms with Gasteiger partial charge in [-0.3, -0.25) is 0 Å². The molecule has 4 heterocycles. The Balaban J connectivity index is 1.56. The third kappa shape index (κ3) is 2.38. The molecule has 5 rings (SSSR count). The molecule has 2 saturated heterocycles. The summed E-state index contributed by atoms with van der Waals surface area (Å²) in [7, 11) is 0. The molecule has 2 aliphatic heterocycles. The van der Waals surface area contributed by atoms with Crippen molar-refractivity contribution in [3.8, 4) is 0 Å². The Hall–Kier alpha value is -1.59. The molecular formula is C17H22N4O. The smallest absolute Gasteiger partial charge is 0.116 e. The van der Waals surface area contributed by atoms with Crippen LogP contribution in [0.3, 0.4) is 0 Å². The van der Waals surface area contributed by atoms with Gasteiger partial charge in [-0.2, -0.15) is 0 Å². The number of pyridine rings is 1. The minimum atomic E-state index is -0.0674. The van der Waals surface area contributed by atoms with E-state index in [9.17, 15) is 0 Å². The van der Waals surface area contributed by atoms with Crippen LogP contribution in [0.1, 0.15) is 43.5 Å². The number of ether oxygens (including phenoxy) is 1. The van der Waals surface area contributed by atoms with Gasteiger partial charge in [0.1, 0.15) is 11.8 Å². The maximum atomic E-state index is 6.30. The molecule has 5 heteroatoms. The molecule has 2 aromatic rings. The van der Waals surface area contributed by atoms with E-state index in [0.29, 0.717) is 6.61 Å². The second-order valence-electron chi connectivity index (χ2n) is 6.97. The molecule has 5 nitrogen and oxygen atoms in total. The van der Waals surface area contributed by atoms with Crippen molar-refractivity contribution in [2.45, 2.75) is 56.6 Å². The normalized spacial score (nSPS) is 30.8. The van der Waals surface area contributed by atoms with Crippen molar-refractivity contribution in [1.29, 1.82) is 0 Å². The van der Waals surface area contributed by atoms with Gasteiger partial charge in [-0.25, -0.2) is 15.0 Å². The molecular weight excluding hydrogens is 276 g/mol. The third-order valence-electron chi connectivity index (χ3n) is 5.34. The van der Waals surface area contributed by atoms with Crippen molar-refractivity contribution in [3.05, 3.63) is 29.8 Å². The highest BCUT2D eigenvalue weighted by Gasteiger charge is 2.47. The molecule has 1 saturated carbocycles. The van der Waals surface area contributed by atoms with Crippen molar-refractivity contribution in [2.75, 3.05) is 6.61 Å². The topological polar surface area (TPSA) is 73.9 Å². The molecule has 0 amide bonds. The van der Waals surface area contributed by atoms with Gasteiger partial charge in [0, 0.05) is 11.2 Å². The highest BCUT2D eigenvalue weighted by Crippen LogP contribution is 2.44. The van der Waals surface area contributed by atoms with Crippen LogP contribution in [0.5, 0.6) is 0 Å². The van der Waals surface area contributed by atoms with E-state index >= 15 is 0 Å². The fraction of sp³-hybridized carbons (Fsp3) is 0.588. The molecule has 2 N–H and O–H groups in total. The number of rotatable bonds is 3. The molecule has 22 heavy (non-hydrogen) atoms. The number of aryl methyl sites for hydroxylation is 2. The van der Waals surface area contributed by atoms with Crippen LogP contribution in [0.15, 0.2) is 18.5 Å². The SMILES string of the molecule is Cc1ccc2ncnc(CCC34CCC(N)(CC3)CO4)c2n1. The molecule has 0 radical (unpaired) electrons. The Kier molecular flexibility index (Phi) is 3.16. The molecule has 116 valence electrons. The first-order chi connectivity index (χ1) is 10.6. The zero-order valence-electron chi connectivity index (χ0n) is 13.0. The number of nitrogens with zero attached hydrogens (tertiary/aromatic N) is 3. The largest absolute Gasteiger partial charge is 0.373 e. The van der Waals surface area contributed by atoms with Gasteiger partial charge in [0.2, 0.25) is 0 Å². The summed E-state index contributed by atoms with van der Waals surface area (Å²) in [5.74, 6) is 0. The van der Waals surface area contributed by atoms with Gasteiger partial charge in [-0.05, 0) is 57.6 Å². The van der Waals surface area contributed by atoms with Crippen molar-refractivity contribution in [3.63, 3.8) is 0 Å². The molecule has 3 fully saturated rings. The van der Waals surface area contributed by atoms with E-state index in [-0.39, 0.29) is 11.1 Å². The first-order valence-corrected chi connectivity index (χ1v) is 8.08. The van der Waals surface area contributed by atoms with Gasteiger partial charge in [-0.1, -0.05) is 0 Å². The lowest BCUT2D eigenvalue weighted by molar-refractivity contribution is -0.156. The third-order valence-corrected chi connectivity index (χ3v) is 5.34. The summed E-state index contributed by atoms with van der Waals surface area (Å²) in [5.41, 5.74) is 10.1. The second kappa shape index (κ2) is 4.96. The van der Waals surface area contributed by atoms with Crippen LogP contribution in [-0.4, -0.2) is 32.7 Å². The van der Waals surface area contributed by atoms with E-state index < -0.39 is 0 Å². The summed E-state index contributed by atoms with van der Waals surface area (Å²) in [6, 6.07) is 4.01. The van der Waals surface area contributed by atoms with E-state index in [0.717, 1.165) is 60.9 Å². The Morgan fingerprint density at radius 3 is 2.73 bits per heavy atom. The number of hydrogen-bond donors (Lipinski definition) is 1. The van der Waals surface area contributed by atoms with Crippen LogP contribution in [-0.2, 0) is 11.2 Å². The quantitative estimate of drug-likeness (QED) is 0.941. The van der Waals surface area contributed by atoms with Crippen LogP contribution in [0, 0.1) is 6.92 Å². The first kappa shape index (κ1) is 14.0. The van der Waals surface area contributed by atoms with Crippen molar-refractivity contribution < 1.29 is 4.74 Å². The van der Waals surface area contributed by atoms with E-state index in [1.54, 1.807) is 6.33 Å². The molecule has 0 atom stereocenters. The maximum Gasteiger partial charge on any atom is 0.116 e. The fourth-order valence-electron chi connectivity index (χ4n) is 3.73. The van der Waals surface area contributed by atoms with E-state index in [4.69, 9.17) is 10.5 Å². The van der Waals surface area contributed by atoms with Gasteiger partial charge in [0.05, 0.1) is 23.4 Å². The van der Waals surface area contributed by atoms with Crippen LogP contribution in [0.25, 0.3) is 11.0 Å². The monoisotopic (exact) mass is 298 g/mol. The van der Waals surface area contributed by atoms with Crippen LogP contribution >= 0.6 is 0 Å². The molecule has 2 aromatic heterocycles. The predicted octanol–water partition coefficient (Wildman–Crippen LogP) is 2.31. The molecule has 0 aromatic carbocycles. The van der Waals surface area contributed by atoms with Gasteiger partial charge < -0.3 is 10.5 Å². The van der Waals surface area contributed by atoms with E-state index in [2.05, 4.69) is 15.0 Å². The molecule has 0 unspecified atom stereocenters. The van der Waals surface area contributed by atoms with Crippen LogP contribution in [0.4, 0.5) is 0 Å². The summed E-state index contributed by atoms with van der Waals surface area (Å²) < 4.78 is 6.14. The number of nitrogens with two attached hydrogens (primary N) is 1. The minimum absolute atomic E-state index is 0.00220. The number of hydrogen-bond acceptors (Lipinski definition) is 5. The zero-order valence-corrected chi connectivity index (χ0v) is 13.0. The molecule has 3 aliphatic rings. The minimum Gasteiger partial charge on any atom is -0.373 e. The van der Waals surface area contributed by atoms with Crippen LogP contribution in [0.2, 0.25) is 0 Å². The fourth-order valence-corrected chi connectivity index (χ4v) is 3.73. The lowest BCUT2D eigenvalue weighted by Gasteiger charge is -2.51. The summed E-state index contributed by atoms with van der Waals surface area (Å²) in [6.07, 6.45) is 7.80. The summed E-state index contributed by atoms with van der Waals surface area (Å²) in [4.78, 5) is 13.4. The number of aromatic nitrogens is 3. The molecule has 1 aliphatic carbocycles. The Morgan fingerprint density at radius 1 is 1.18 bits per heavy atom. The van der Waals surface area contributed by atoms with Crippen molar-refractivity contribution in [1.82, 2.24) is 15.0 Å². The molecule has 2 bridgehead atoms. The zero-order chi connectivity index (χ0) is 15.2. The average Bonchev–Trinajstić information content (AvgIpc) is 2.54. The lowest BCUT2D eigenvalue weighted by Crippen LogP contribution is -2.59. The highest BCUT2D eigenvalue weighted by molar-refractivity contribution is 5.76. The second-order valence-corrected chi connectivity index (χ2v) is 6.97. The van der Waals surface area contributed by atoms with Crippen LogP contribution < -0.4 is 5.73 Å². The van der Waals surface area contributed by atoms with E-state index in [1.807, 2.05) is 19.1 Å². The predicted molar refractivity (Wildman–Crippen MR) is 84.5 cm³/mol. The first-order valence-electron chi connectivity index (χ1n) is 8.08. The summed E-state index contributed by atoms with van der Waals surface area (Å²) in [6.45, 7) is 2.70. The average molecular weight is 298 g/mol. The highest BCUT2D eigenvalue weighted by atomic mass is 16.5. The van der Waals surface area contributed by atoms with Gasteiger partial charge in [0.15, 0.2) is 0 Å². The van der Waals surface area contributed by atoms with E-state index in [1.165, 1.54) is 0 Å². The summed E-state index contributed by atoms with van der Waals surface area (Å²) >= 11 is 0. The van der Waals surface area contributed by atoms with Crippen molar-refractivity contribution in [2.24, 2.45) is 5.73 Å². The Labute approximate surface area is 130 Å².